The third kappa shape index (κ3) is 4.63. The van der Waals surface area contributed by atoms with E-state index in [4.69, 9.17) is 4.74 Å². The standard InChI is InChI=1S/C15H17N3O3S/c1-10(11-6-4-3-5-7-11)16-13(20)9-22-15-17-12(19)8-14(18-15)21-2/h3-8,10H,9H2,1-2H3,(H,16,20)(H,17,18,19). The molecule has 1 unspecified atom stereocenters. The normalized spacial score (nSPS) is 11.7. The van der Waals surface area contributed by atoms with Crippen LogP contribution in [0.4, 0.5) is 0 Å². The molecule has 1 amide bonds. The molecular formula is C15H17N3O3S. The molecule has 7 heteroatoms. The molecule has 6 nitrogen and oxygen atoms in total. The number of nitrogens with zero attached hydrogens (tertiary/aromatic N) is 1. The lowest BCUT2D eigenvalue weighted by Crippen LogP contribution is -2.28. The summed E-state index contributed by atoms with van der Waals surface area (Å²) in [7, 11) is 1.43. The van der Waals surface area contributed by atoms with Crippen molar-refractivity contribution in [2.45, 2.75) is 18.1 Å². The molecule has 2 aromatic rings. The highest BCUT2D eigenvalue weighted by Crippen LogP contribution is 2.15. The second kappa shape index (κ2) is 7.65. The lowest BCUT2D eigenvalue weighted by Gasteiger charge is -2.13. The van der Waals surface area contributed by atoms with E-state index < -0.39 is 0 Å². The van der Waals surface area contributed by atoms with Crippen molar-refractivity contribution >= 4 is 17.7 Å². The van der Waals surface area contributed by atoms with Gasteiger partial charge >= 0.3 is 0 Å². The second-order valence-electron chi connectivity index (χ2n) is 4.58. The maximum absolute atomic E-state index is 12.0. The zero-order valence-electron chi connectivity index (χ0n) is 12.3. The van der Waals surface area contributed by atoms with E-state index in [-0.39, 0.29) is 29.1 Å². The third-order valence-electron chi connectivity index (χ3n) is 2.92. The molecule has 0 saturated heterocycles. The number of H-pyrrole nitrogens is 1. The Hall–Kier alpha value is -2.28. The molecule has 0 saturated carbocycles. The van der Waals surface area contributed by atoms with Crippen LogP contribution in [0.5, 0.6) is 5.88 Å². The Morgan fingerprint density at radius 3 is 2.82 bits per heavy atom. The molecule has 22 heavy (non-hydrogen) atoms. The number of aromatic nitrogens is 2. The molecule has 0 aliphatic carbocycles. The van der Waals surface area contributed by atoms with Crippen LogP contribution < -0.4 is 15.6 Å². The number of nitrogens with one attached hydrogen (secondary N) is 2. The van der Waals surface area contributed by atoms with Crippen molar-refractivity contribution < 1.29 is 9.53 Å². The van der Waals surface area contributed by atoms with E-state index in [2.05, 4.69) is 15.3 Å². The summed E-state index contributed by atoms with van der Waals surface area (Å²) in [6.45, 7) is 1.92. The summed E-state index contributed by atoms with van der Waals surface area (Å²) in [4.78, 5) is 30.0. The number of aromatic amines is 1. The summed E-state index contributed by atoms with van der Waals surface area (Å²) in [5.74, 6) is 0.254. The number of methoxy groups -OCH3 is 1. The first-order valence-corrected chi connectivity index (χ1v) is 7.69. The number of ether oxygens (including phenoxy) is 1. The molecule has 1 atom stereocenters. The highest BCUT2D eigenvalue weighted by molar-refractivity contribution is 7.99. The quantitative estimate of drug-likeness (QED) is 0.626. The van der Waals surface area contributed by atoms with Crippen molar-refractivity contribution in [1.82, 2.24) is 15.3 Å². The maximum atomic E-state index is 12.0. The number of hydrogen-bond donors (Lipinski definition) is 2. The van der Waals surface area contributed by atoms with Crippen molar-refractivity contribution in [2.75, 3.05) is 12.9 Å². The minimum absolute atomic E-state index is 0.0772. The first-order valence-electron chi connectivity index (χ1n) is 6.71. The highest BCUT2D eigenvalue weighted by atomic mass is 32.2. The first kappa shape index (κ1) is 16.1. The first-order chi connectivity index (χ1) is 10.6. The number of amides is 1. The monoisotopic (exact) mass is 319 g/mol. The van der Waals surface area contributed by atoms with Gasteiger partial charge in [-0.2, -0.15) is 4.98 Å². The molecule has 116 valence electrons. The Labute approximate surface area is 132 Å². The van der Waals surface area contributed by atoms with Gasteiger partial charge in [-0.25, -0.2) is 0 Å². The number of rotatable bonds is 6. The second-order valence-corrected chi connectivity index (χ2v) is 5.55. The number of thioether (sulfide) groups is 1. The van der Waals surface area contributed by atoms with E-state index in [1.54, 1.807) is 0 Å². The minimum atomic E-state index is -0.313. The van der Waals surface area contributed by atoms with E-state index in [0.29, 0.717) is 5.16 Å². The zero-order chi connectivity index (χ0) is 15.9. The molecule has 0 radical (unpaired) electrons. The summed E-state index contributed by atoms with van der Waals surface area (Å²) >= 11 is 1.15. The van der Waals surface area contributed by atoms with E-state index >= 15 is 0 Å². The fourth-order valence-electron chi connectivity index (χ4n) is 1.83. The summed E-state index contributed by atoms with van der Waals surface area (Å²) in [5, 5.41) is 3.25. The van der Waals surface area contributed by atoms with Crippen LogP contribution in [-0.4, -0.2) is 28.7 Å². The Morgan fingerprint density at radius 2 is 2.14 bits per heavy atom. The molecule has 0 fully saturated rings. The Morgan fingerprint density at radius 1 is 1.41 bits per heavy atom. The van der Waals surface area contributed by atoms with Crippen LogP contribution in [0.25, 0.3) is 0 Å². The van der Waals surface area contributed by atoms with Crippen LogP contribution in [-0.2, 0) is 4.79 Å². The van der Waals surface area contributed by atoms with Crippen LogP contribution in [0.1, 0.15) is 18.5 Å². The van der Waals surface area contributed by atoms with E-state index in [1.165, 1.54) is 13.2 Å². The summed E-state index contributed by atoms with van der Waals surface area (Å²) in [6.07, 6.45) is 0. The number of carbonyl (C=O) groups is 1. The van der Waals surface area contributed by atoms with Crippen molar-refractivity contribution in [3.05, 3.63) is 52.3 Å². The number of carbonyl (C=O) groups excluding carboxylic acids is 1. The molecular weight excluding hydrogens is 302 g/mol. The van der Waals surface area contributed by atoms with Gasteiger partial charge in [0.2, 0.25) is 11.8 Å². The van der Waals surface area contributed by atoms with Gasteiger partial charge in [0.05, 0.1) is 25.0 Å². The van der Waals surface area contributed by atoms with Gasteiger partial charge in [-0.3, -0.25) is 9.59 Å². The van der Waals surface area contributed by atoms with Crippen LogP contribution >= 0.6 is 11.8 Å². The van der Waals surface area contributed by atoms with Crippen LogP contribution in [0.15, 0.2) is 46.3 Å². The van der Waals surface area contributed by atoms with Crippen molar-refractivity contribution in [2.24, 2.45) is 0 Å². The van der Waals surface area contributed by atoms with Crippen LogP contribution in [0.3, 0.4) is 0 Å². The SMILES string of the molecule is COc1cc(=O)[nH]c(SCC(=O)NC(C)c2ccccc2)n1. The largest absolute Gasteiger partial charge is 0.481 e. The van der Waals surface area contributed by atoms with Gasteiger partial charge in [-0.05, 0) is 12.5 Å². The molecule has 0 aliphatic rings. The Kier molecular flexibility index (Phi) is 5.60. The lowest BCUT2D eigenvalue weighted by molar-refractivity contribution is -0.119. The minimum Gasteiger partial charge on any atom is -0.481 e. The van der Waals surface area contributed by atoms with Gasteiger partial charge in [-0.1, -0.05) is 42.1 Å². The summed E-state index contributed by atoms with van der Waals surface area (Å²) in [5.41, 5.74) is 0.723. The number of benzene rings is 1. The highest BCUT2D eigenvalue weighted by Gasteiger charge is 2.10. The Balaban J connectivity index is 1.90. The molecule has 2 N–H and O–H groups in total. The van der Waals surface area contributed by atoms with Crippen LogP contribution in [0, 0.1) is 0 Å². The molecule has 1 heterocycles. The van der Waals surface area contributed by atoms with Gasteiger partial charge in [0.15, 0.2) is 5.16 Å². The summed E-state index contributed by atoms with van der Waals surface area (Å²) in [6, 6.07) is 10.9. The van der Waals surface area contributed by atoms with Crippen molar-refractivity contribution in [3.63, 3.8) is 0 Å². The van der Waals surface area contributed by atoms with Crippen LogP contribution in [0.2, 0.25) is 0 Å². The van der Waals surface area contributed by atoms with E-state index in [0.717, 1.165) is 17.3 Å². The van der Waals surface area contributed by atoms with E-state index in [1.807, 2.05) is 37.3 Å². The predicted octanol–water partition coefficient (Wildman–Crippen LogP) is 1.75. The average Bonchev–Trinajstić information content (AvgIpc) is 2.53. The third-order valence-corrected chi connectivity index (χ3v) is 3.80. The van der Waals surface area contributed by atoms with Gasteiger partial charge in [0.25, 0.3) is 5.56 Å². The van der Waals surface area contributed by atoms with Gasteiger partial charge in [0, 0.05) is 0 Å². The molecule has 0 bridgehead atoms. The molecule has 0 spiro atoms. The molecule has 2 rings (SSSR count). The predicted molar refractivity (Wildman–Crippen MR) is 85.1 cm³/mol. The van der Waals surface area contributed by atoms with Crippen molar-refractivity contribution in [1.29, 1.82) is 0 Å². The van der Waals surface area contributed by atoms with Gasteiger partial charge < -0.3 is 15.0 Å². The fraction of sp³-hybridized carbons (Fsp3) is 0.267. The zero-order valence-corrected chi connectivity index (χ0v) is 13.1. The average molecular weight is 319 g/mol. The van der Waals surface area contributed by atoms with E-state index in [9.17, 15) is 9.59 Å². The summed E-state index contributed by atoms with van der Waals surface area (Å²) < 4.78 is 4.92. The molecule has 1 aromatic carbocycles. The Bertz CT molecular complexity index is 688. The molecule has 1 aromatic heterocycles. The van der Waals surface area contributed by atoms with Gasteiger partial charge in [-0.15, -0.1) is 0 Å². The maximum Gasteiger partial charge on any atom is 0.255 e. The fourth-order valence-corrected chi connectivity index (χ4v) is 2.51. The molecule has 0 aliphatic heterocycles. The smallest absolute Gasteiger partial charge is 0.255 e. The lowest BCUT2D eigenvalue weighted by atomic mass is 10.1. The number of hydrogen-bond acceptors (Lipinski definition) is 5. The van der Waals surface area contributed by atoms with Gasteiger partial charge in [0.1, 0.15) is 0 Å². The topological polar surface area (TPSA) is 84.1 Å². The van der Waals surface area contributed by atoms with Crippen molar-refractivity contribution in [3.8, 4) is 5.88 Å².